The molecule has 0 bridgehead atoms. The van der Waals surface area contributed by atoms with Gasteiger partial charge in [0.05, 0.1) is 6.54 Å². The number of hydrogen-bond acceptors (Lipinski definition) is 3. The average Bonchev–Trinajstić information content (AvgIpc) is 2.66. The number of imidazole rings is 1. The molecule has 3 nitrogen and oxygen atoms in total. The highest BCUT2D eigenvalue weighted by atomic mass is 32.2. The second-order valence-corrected chi connectivity index (χ2v) is 6.12. The van der Waals surface area contributed by atoms with Crippen LogP contribution in [0.25, 0.3) is 0 Å². The maximum Gasteiger partial charge on any atom is 0.122 e. The lowest BCUT2D eigenvalue weighted by Crippen LogP contribution is -2.32. The van der Waals surface area contributed by atoms with Crippen LogP contribution in [-0.2, 0) is 13.1 Å². The number of hydrogen-bond donors (Lipinski definition) is 1. The molecule has 1 N–H and O–H groups in total. The molecule has 0 saturated carbocycles. The van der Waals surface area contributed by atoms with Crippen LogP contribution in [0.4, 0.5) is 0 Å². The normalized spacial score (nSPS) is 12.0. The van der Waals surface area contributed by atoms with Crippen molar-refractivity contribution in [3.63, 3.8) is 0 Å². The SMILES string of the molecule is CCCn1ccnc1CNCC(C)(C)SC. The van der Waals surface area contributed by atoms with Gasteiger partial charge in [0.1, 0.15) is 5.82 Å². The maximum atomic E-state index is 4.37. The largest absolute Gasteiger partial charge is 0.334 e. The first-order chi connectivity index (χ1) is 7.59. The minimum Gasteiger partial charge on any atom is -0.334 e. The number of nitrogens with one attached hydrogen (secondary N) is 1. The molecule has 0 radical (unpaired) electrons. The highest BCUT2D eigenvalue weighted by Gasteiger charge is 2.15. The van der Waals surface area contributed by atoms with Gasteiger partial charge in [-0.05, 0) is 26.5 Å². The van der Waals surface area contributed by atoms with Gasteiger partial charge in [0.25, 0.3) is 0 Å². The second-order valence-electron chi connectivity index (χ2n) is 4.60. The third-order valence-corrected chi connectivity index (χ3v) is 3.90. The van der Waals surface area contributed by atoms with Crippen molar-refractivity contribution in [3.8, 4) is 0 Å². The molecule has 0 spiro atoms. The van der Waals surface area contributed by atoms with Crippen molar-refractivity contribution in [2.45, 2.75) is 45.0 Å². The Morgan fingerprint density at radius 2 is 2.25 bits per heavy atom. The van der Waals surface area contributed by atoms with E-state index in [1.807, 2.05) is 18.0 Å². The second kappa shape index (κ2) is 6.30. The molecule has 0 unspecified atom stereocenters. The van der Waals surface area contributed by atoms with Gasteiger partial charge in [-0.2, -0.15) is 11.8 Å². The Morgan fingerprint density at radius 3 is 2.88 bits per heavy atom. The summed E-state index contributed by atoms with van der Waals surface area (Å²) < 4.78 is 2.52. The molecule has 4 heteroatoms. The van der Waals surface area contributed by atoms with E-state index in [0.717, 1.165) is 31.9 Å². The molecule has 1 aromatic heterocycles. The minimum atomic E-state index is 0.294. The number of nitrogens with zero attached hydrogens (tertiary/aromatic N) is 2. The fourth-order valence-electron chi connectivity index (χ4n) is 1.50. The number of aryl methyl sites for hydroxylation is 1. The summed E-state index contributed by atoms with van der Waals surface area (Å²) in [6, 6.07) is 0. The van der Waals surface area contributed by atoms with Crippen molar-refractivity contribution < 1.29 is 0 Å². The van der Waals surface area contributed by atoms with Crippen molar-refractivity contribution in [2.24, 2.45) is 0 Å². The monoisotopic (exact) mass is 241 g/mol. The quantitative estimate of drug-likeness (QED) is 0.795. The van der Waals surface area contributed by atoms with Crippen LogP contribution in [0, 0.1) is 0 Å². The van der Waals surface area contributed by atoms with E-state index in [2.05, 4.69) is 48.1 Å². The molecular formula is C12H23N3S. The Morgan fingerprint density at radius 1 is 1.50 bits per heavy atom. The topological polar surface area (TPSA) is 29.9 Å². The van der Waals surface area contributed by atoms with Crippen LogP contribution in [0.3, 0.4) is 0 Å². The molecule has 0 aliphatic carbocycles. The van der Waals surface area contributed by atoms with Gasteiger partial charge in [-0.25, -0.2) is 4.98 Å². The van der Waals surface area contributed by atoms with Gasteiger partial charge in [-0.3, -0.25) is 0 Å². The first kappa shape index (κ1) is 13.6. The zero-order chi connectivity index (χ0) is 12.0. The van der Waals surface area contributed by atoms with Gasteiger partial charge < -0.3 is 9.88 Å². The summed E-state index contributed by atoms with van der Waals surface area (Å²) in [6.07, 6.45) is 7.24. The smallest absolute Gasteiger partial charge is 0.122 e. The molecule has 0 aliphatic rings. The van der Waals surface area contributed by atoms with Crippen LogP contribution in [0.5, 0.6) is 0 Å². The van der Waals surface area contributed by atoms with E-state index in [0.29, 0.717) is 4.75 Å². The van der Waals surface area contributed by atoms with Crippen molar-refractivity contribution in [2.75, 3.05) is 12.8 Å². The summed E-state index contributed by atoms with van der Waals surface area (Å²) in [6.45, 7) is 9.62. The van der Waals surface area contributed by atoms with Gasteiger partial charge in [0, 0.05) is 30.2 Å². The van der Waals surface area contributed by atoms with Crippen LogP contribution < -0.4 is 5.32 Å². The lowest BCUT2D eigenvalue weighted by atomic mass is 10.2. The van der Waals surface area contributed by atoms with Crippen LogP contribution in [-0.4, -0.2) is 27.1 Å². The van der Waals surface area contributed by atoms with Crippen LogP contribution >= 0.6 is 11.8 Å². The lowest BCUT2D eigenvalue weighted by molar-refractivity contribution is 0.550. The number of aromatic nitrogens is 2. The molecule has 1 aromatic rings. The molecule has 16 heavy (non-hydrogen) atoms. The Balaban J connectivity index is 2.39. The molecule has 92 valence electrons. The fourth-order valence-corrected chi connectivity index (χ4v) is 1.75. The molecule has 0 amide bonds. The van der Waals surface area contributed by atoms with Gasteiger partial charge in [0.2, 0.25) is 0 Å². The molecule has 1 heterocycles. The third-order valence-electron chi connectivity index (χ3n) is 2.65. The van der Waals surface area contributed by atoms with Crippen molar-refractivity contribution >= 4 is 11.8 Å². The molecule has 0 fully saturated rings. The average molecular weight is 241 g/mol. The summed E-state index contributed by atoms with van der Waals surface area (Å²) in [5.74, 6) is 1.14. The van der Waals surface area contributed by atoms with Gasteiger partial charge in [0.15, 0.2) is 0 Å². The highest BCUT2D eigenvalue weighted by Crippen LogP contribution is 2.19. The highest BCUT2D eigenvalue weighted by molar-refractivity contribution is 7.99. The standard InChI is InChI=1S/C12H23N3S/c1-5-7-15-8-6-14-11(15)9-13-10-12(2,3)16-4/h6,8,13H,5,7,9-10H2,1-4H3. The Kier molecular flexibility index (Phi) is 5.35. The van der Waals surface area contributed by atoms with E-state index >= 15 is 0 Å². The first-order valence-electron chi connectivity index (χ1n) is 5.85. The number of rotatable bonds is 7. The summed E-state index contributed by atoms with van der Waals surface area (Å²) >= 11 is 1.89. The molecule has 0 saturated heterocycles. The van der Waals surface area contributed by atoms with E-state index in [9.17, 15) is 0 Å². The first-order valence-corrected chi connectivity index (χ1v) is 7.07. The maximum absolute atomic E-state index is 4.37. The van der Waals surface area contributed by atoms with Gasteiger partial charge in [-0.15, -0.1) is 0 Å². The van der Waals surface area contributed by atoms with E-state index < -0.39 is 0 Å². The predicted molar refractivity (Wildman–Crippen MR) is 71.8 cm³/mol. The molecule has 0 atom stereocenters. The third kappa shape index (κ3) is 4.18. The zero-order valence-electron chi connectivity index (χ0n) is 10.8. The summed E-state index contributed by atoms with van der Waals surface area (Å²) in [5, 5.41) is 3.47. The fraction of sp³-hybridized carbons (Fsp3) is 0.750. The van der Waals surface area contributed by atoms with Crippen LogP contribution in [0.1, 0.15) is 33.0 Å². The van der Waals surface area contributed by atoms with Gasteiger partial charge >= 0.3 is 0 Å². The lowest BCUT2D eigenvalue weighted by Gasteiger charge is -2.22. The van der Waals surface area contributed by atoms with E-state index in [1.54, 1.807) is 0 Å². The Hall–Kier alpha value is -0.480. The molecule has 0 aliphatic heterocycles. The molecule has 0 aromatic carbocycles. The number of thioether (sulfide) groups is 1. The van der Waals surface area contributed by atoms with Crippen molar-refractivity contribution in [3.05, 3.63) is 18.2 Å². The molecule has 1 rings (SSSR count). The van der Waals surface area contributed by atoms with Crippen LogP contribution in [0.2, 0.25) is 0 Å². The van der Waals surface area contributed by atoms with Crippen molar-refractivity contribution in [1.82, 2.24) is 14.9 Å². The summed E-state index contributed by atoms with van der Waals surface area (Å²) in [4.78, 5) is 4.37. The minimum absolute atomic E-state index is 0.294. The predicted octanol–water partition coefficient (Wildman–Crippen LogP) is 2.52. The van der Waals surface area contributed by atoms with Crippen LogP contribution in [0.15, 0.2) is 12.4 Å². The van der Waals surface area contributed by atoms with Gasteiger partial charge in [-0.1, -0.05) is 6.92 Å². The summed E-state index contributed by atoms with van der Waals surface area (Å²) in [7, 11) is 0. The Bertz CT molecular complexity index is 307. The molecular weight excluding hydrogens is 218 g/mol. The zero-order valence-corrected chi connectivity index (χ0v) is 11.6. The Labute approximate surface area is 103 Å². The van der Waals surface area contributed by atoms with Crippen molar-refractivity contribution in [1.29, 1.82) is 0 Å². The van der Waals surface area contributed by atoms with E-state index in [-0.39, 0.29) is 0 Å². The van der Waals surface area contributed by atoms with E-state index in [4.69, 9.17) is 0 Å². The van der Waals surface area contributed by atoms with E-state index in [1.165, 1.54) is 0 Å². The summed E-state index contributed by atoms with van der Waals surface area (Å²) in [5.41, 5.74) is 0.